The van der Waals surface area contributed by atoms with Crippen LogP contribution < -0.4 is 0 Å². The predicted octanol–water partition coefficient (Wildman–Crippen LogP) is 1.25. The van der Waals surface area contributed by atoms with Crippen LogP contribution in [0.4, 0.5) is 0 Å². The van der Waals surface area contributed by atoms with Crippen LogP contribution >= 0.6 is 0 Å². The van der Waals surface area contributed by atoms with Gasteiger partial charge in [0.15, 0.2) is 0 Å². The Labute approximate surface area is 43.3 Å². The van der Waals surface area contributed by atoms with Crippen molar-refractivity contribution in [2.75, 3.05) is 0 Å². The monoisotopic (exact) mass is 96.1 g/mol. The van der Waals surface area contributed by atoms with Crippen LogP contribution in [0.15, 0.2) is 22.8 Å². The topological polar surface area (TPSA) is 24.7 Å². The molecule has 0 aliphatic carbocycles. The van der Waals surface area contributed by atoms with Crippen molar-refractivity contribution in [1.82, 2.24) is 0 Å². The van der Waals surface area contributed by atoms with Gasteiger partial charge in [-0.05, 0) is 13.6 Å². The molecular formula is C5H8N2. The first kappa shape index (κ1) is 6.08. The SMILES string of the molecule is C=CN=C(C)N=C. The standard InChI is InChI=1S/C5H8N2/c1-4-7-5(2)6-3/h4H,1,3H2,2H3. The van der Waals surface area contributed by atoms with E-state index in [4.69, 9.17) is 0 Å². The van der Waals surface area contributed by atoms with Crippen LogP contribution in [0.2, 0.25) is 0 Å². The van der Waals surface area contributed by atoms with E-state index >= 15 is 0 Å². The van der Waals surface area contributed by atoms with Crippen molar-refractivity contribution in [3.63, 3.8) is 0 Å². The molecule has 0 amide bonds. The van der Waals surface area contributed by atoms with E-state index in [0.717, 1.165) is 0 Å². The molecule has 0 rings (SSSR count). The van der Waals surface area contributed by atoms with Crippen LogP contribution in [-0.2, 0) is 0 Å². The fraction of sp³-hybridized carbons (Fsp3) is 0.200. The Bertz CT molecular complexity index is 103. The van der Waals surface area contributed by atoms with Crippen LogP contribution in [-0.4, -0.2) is 12.6 Å². The zero-order valence-corrected chi connectivity index (χ0v) is 4.39. The maximum absolute atomic E-state index is 3.69. The van der Waals surface area contributed by atoms with Gasteiger partial charge in [0.2, 0.25) is 0 Å². The molecular weight excluding hydrogens is 88.1 g/mol. The van der Waals surface area contributed by atoms with E-state index in [1.54, 1.807) is 6.92 Å². The molecule has 0 N–H and O–H groups in total. The summed E-state index contributed by atoms with van der Waals surface area (Å²) in [7, 11) is 0. The molecule has 0 bridgehead atoms. The molecule has 0 unspecified atom stereocenters. The maximum atomic E-state index is 3.69. The Hall–Kier alpha value is -0.920. The molecule has 0 saturated heterocycles. The Morgan fingerprint density at radius 2 is 2.29 bits per heavy atom. The fourth-order valence-corrected chi connectivity index (χ4v) is 0.173. The van der Waals surface area contributed by atoms with Gasteiger partial charge in [0, 0.05) is 6.20 Å². The third-order valence-electron chi connectivity index (χ3n) is 0.507. The van der Waals surface area contributed by atoms with Gasteiger partial charge in [-0.2, -0.15) is 0 Å². The number of amidine groups is 1. The molecule has 0 fully saturated rings. The van der Waals surface area contributed by atoms with E-state index in [1.807, 2.05) is 0 Å². The van der Waals surface area contributed by atoms with Gasteiger partial charge in [-0.25, -0.2) is 9.98 Å². The summed E-state index contributed by atoms with van der Waals surface area (Å²) in [5, 5.41) is 0. The quantitative estimate of drug-likeness (QED) is 0.346. The summed E-state index contributed by atoms with van der Waals surface area (Å²) in [6.07, 6.45) is 1.43. The maximum Gasteiger partial charge on any atom is 0.124 e. The predicted molar refractivity (Wildman–Crippen MR) is 32.9 cm³/mol. The molecule has 0 aliphatic rings. The minimum absolute atomic E-state index is 0.648. The lowest BCUT2D eigenvalue weighted by atomic mass is 10.7. The van der Waals surface area contributed by atoms with Gasteiger partial charge in [-0.3, -0.25) is 0 Å². The minimum atomic E-state index is 0.648. The van der Waals surface area contributed by atoms with Gasteiger partial charge < -0.3 is 0 Å². The Balaban J connectivity index is 3.72. The van der Waals surface area contributed by atoms with Gasteiger partial charge in [0.1, 0.15) is 5.84 Å². The first-order valence-corrected chi connectivity index (χ1v) is 1.93. The molecule has 0 atom stereocenters. The Morgan fingerprint density at radius 1 is 1.71 bits per heavy atom. The Kier molecular flexibility index (Phi) is 2.85. The summed E-state index contributed by atoms with van der Waals surface area (Å²) in [6, 6.07) is 0. The van der Waals surface area contributed by atoms with Crippen molar-refractivity contribution in [3.8, 4) is 0 Å². The van der Waals surface area contributed by atoms with E-state index in [1.165, 1.54) is 6.20 Å². The van der Waals surface area contributed by atoms with Gasteiger partial charge in [0.05, 0.1) is 0 Å². The van der Waals surface area contributed by atoms with Gasteiger partial charge in [-0.1, -0.05) is 6.58 Å². The summed E-state index contributed by atoms with van der Waals surface area (Å²) in [5.74, 6) is 0.648. The van der Waals surface area contributed by atoms with Crippen LogP contribution in [0.5, 0.6) is 0 Å². The highest BCUT2D eigenvalue weighted by atomic mass is 14.9. The lowest BCUT2D eigenvalue weighted by Crippen LogP contribution is -1.78. The van der Waals surface area contributed by atoms with E-state index in [-0.39, 0.29) is 0 Å². The first-order valence-electron chi connectivity index (χ1n) is 1.93. The number of aliphatic imine (C=N–C) groups is 2. The van der Waals surface area contributed by atoms with Crippen LogP contribution in [0.1, 0.15) is 6.92 Å². The number of rotatable bonds is 1. The fourth-order valence-electron chi connectivity index (χ4n) is 0.173. The summed E-state index contributed by atoms with van der Waals surface area (Å²) in [4.78, 5) is 7.20. The first-order chi connectivity index (χ1) is 3.31. The number of hydrogen-bond acceptors (Lipinski definition) is 1. The molecule has 38 valence electrons. The Morgan fingerprint density at radius 3 is 2.43 bits per heavy atom. The molecule has 7 heavy (non-hydrogen) atoms. The molecule has 2 nitrogen and oxygen atoms in total. The average Bonchev–Trinajstić information content (AvgIpc) is 1.68. The zero-order chi connectivity index (χ0) is 5.70. The van der Waals surface area contributed by atoms with E-state index in [0.29, 0.717) is 5.84 Å². The minimum Gasteiger partial charge on any atom is -0.250 e. The summed E-state index contributed by atoms with van der Waals surface area (Å²) < 4.78 is 0. The van der Waals surface area contributed by atoms with Gasteiger partial charge in [-0.15, -0.1) is 0 Å². The third kappa shape index (κ3) is 2.89. The molecule has 0 aliphatic heterocycles. The van der Waals surface area contributed by atoms with E-state index in [2.05, 4.69) is 23.3 Å². The molecule has 0 aromatic heterocycles. The summed E-state index contributed by atoms with van der Waals surface area (Å²) >= 11 is 0. The second kappa shape index (κ2) is 3.28. The van der Waals surface area contributed by atoms with Gasteiger partial charge >= 0.3 is 0 Å². The average molecular weight is 96.1 g/mol. The third-order valence-corrected chi connectivity index (χ3v) is 0.507. The lowest BCUT2D eigenvalue weighted by molar-refractivity contribution is 1.48. The summed E-state index contributed by atoms with van der Waals surface area (Å²) in [6.45, 7) is 8.38. The van der Waals surface area contributed by atoms with Crippen molar-refractivity contribution in [2.45, 2.75) is 6.92 Å². The normalized spacial score (nSPS) is 10.7. The van der Waals surface area contributed by atoms with Crippen LogP contribution in [0.3, 0.4) is 0 Å². The molecule has 0 radical (unpaired) electrons. The van der Waals surface area contributed by atoms with Crippen molar-refractivity contribution in [2.24, 2.45) is 9.98 Å². The molecule has 0 aromatic rings. The number of nitrogens with zero attached hydrogens (tertiary/aromatic N) is 2. The van der Waals surface area contributed by atoms with Crippen molar-refractivity contribution >= 4 is 12.6 Å². The number of hydrogen-bond donors (Lipinski definition) is 0. The highest BCUT2D eigenvalue weighted by Crippen LogP contribution is 1.75. The van der Waals surface area contributed by atoms with Crippen molar-refractivity contribution in [1.29, 1.82) is 0 Å². The molecule has 2 heteroatoms. The molecule has 0 aromatic carbocycles. The van der Waals surface area contributed by atoms with E-state index in [9.17, 15) is 0 Å². The highest BCUT2D eigenvalue weighted by molar-refractivity contribution is 5.84. The highest BCUT2D eigenvalue weighted by Gasteiger charge is 1.71. The van der Waals surface area contributed by atoms with Gasteiger partial charge in [0.25, 0.3) is 0 Å². The van der Waals surface area contributed by atoms with Crippen molar-refractivity contribution < 1.29 is 0 Å². The molecule has 0 heterocycles. The summed E-state index contributed by atoms with van der Waals surface area (Å²) in [5.41, 5.74) is 0. The molecule has 0 spiro atoms. The zero-order valence-electron chi connectivity index (χ0n) is 4.39. The second-order valence-electron chi connectivity index (χ2n) is 1.02. The van der Waals surface area contributed by atoms with Crippen LogP contribution in [0, 0.1) is 0 Å². The second-order valence-corrected chi connectivity index (χ2v) is 1.02. The molecule has 0 saturated carbocycles. The van der Waals surface area contributed by atoms with Crippen LogP contribution in [0.25, 0.3) is 0 Å². The largest absolute Gasteiger partial charge is 0.250 e. The van der Waals surface area contributed by atoms with Crippen molar-refractivity contribution in [3.05, 3.63) is 12.8 Å². The smallest absolute Gasteiger partial charge is 0.124 e. The van der Waals surface area contributed by atoms with E-state index < -0.39 is 0 Å². The lowest BCUT2D eigenvalue weighted by Gasteiger charge is -1.79.